The molecule has 0 aliphatic heterocycles. The molecule has 1 aromatic heterocycles. The third-order valence-corrected chi connectivity index (χ3v) is 5.52. The summed E-state index contributed by atoms with van der Waals surface area (Å²) in [6.45, 7) is 4.75. The van der Waals surface area contributed by atoms with Gasteiger partial charge in [0.1, 0.15) is 0 Å². The Bertz CT molecular complexity index is 788. The van der Waals surface area contributed by atoms with E-state index in [1.54, 1.807) is 11.3 Å². The minimum atomic E-state index is 0.0433. The first-order chi connectivity index (χ1) is 12.6. The van der Waals surface area contributed by atoms with Gasteiger partial charge in [-0.25, -0.2) is 4.98 Å². The fraction of sp³-hybridized carbons (Fsp3) is 0.273. The maximum Gasteiger partial charge on any atom is 0.221 e. The highest BCUT2D eigenvalue weighted by atomic mass is 32.1. The molecule has 4 heteroatoms. The number of thiazole rings is 1. The summed E-state index contributed by atoms with van der Waals surface area (Å²) in [6, 6.07) is 20.4. The van der Waals surface area contributed by atoms with Crippen molar-refractivity contribution in [3.05, 3.63) is 87.9 Å². The highest BCUT2D eigenvalue weighted by Crippen LogP contribution is 2.27. The van der Waals surface area contributed by atoms with E-state index in [1.165, 1.54) is 0 Å². The summed E-state index contributed by atoms with van der Waals surface area (Å²) in [4.78, 5) is 17.2. The molecule has 3 aromatic rings. The van der Waals surface area contributed by atoms with Gasteiger partial charge in [-0.3, -0.25) is 4.79 Å². The Kier molecular flexibility index (Phi) is 6.18. The average Bonchev–Trinajstić information content (AvgIpc) is 3.15. The summed E-state index contributed by atoms with van der Waals surface area (Å²) in [5, 5.41) is 6.17. The number of nitrogens with zero attached hydrogens (tertiary/aromatic N) is 1. The molecule has 26 heavy (non-hydrogen) atoms. The molecule has 0 unspecified atom stereocenters. The number of benzene rings is 2. The molecule has 0 fully saturated rings. The largest absolute Gasteiger partial charge is 0.350 e. The van der Waals surface area contributed by atoms with Crippen LogP contribution in [0.1, 0.15) is 53.9 Å². The molecular formula is C22H24N2OS. The second kappa shape index (κ2) is 8.77. The average molecular weight is 365 g/mol. The third kappa shape index (κ3) is 4.79. The number of carbonyl (C=O) groups excluding carboxylic acids is 1. The lowest BCUT2D eigenvalue weighted by molar-refractivity contribution is -0.121. The van der Waals surface area contributed by atoms with Gasteiger partial charge in [0, 0.05) is 23.6 Å². The van der Waals surface area contributed by atoms with Gasteiger partial charge in [0.15, 0.2) is 0 Å². The van der Waals surface area contributed by atoms with Crippen LogP contribution in [0.5, 0.6) is 0 Å². The zero-order valence-corrected chi connectivity index (χ0v) is 16.0. The van der Waals surface area contributed by atoms with Gasteiger partial charge in [-0.1, -0.05) is 74.5 Å². The highest BCUT2D eigenvalue weighted by Gasteiger charge is 2.18. The Balaban J connectivity index is 1.67. The van der Waals surface area contributed by atoms with Crippen molar-refractivity contribution < 1.29 is 4.79 Å². The SMILES string of the molecule is CC(C)c1nc(CNC(=O)CC(c2ccccc2)c2ccccc2)cs1. The predicted molar refractivity (Wildman–Crippen MR) is 107 cm³/mol. The van der Waals surface area contributed by atoms with Gasteiger partial charge >= 0.3 is 0 Å². The molecule has 3 rings (SSSR count). The molecule has 0 aliphatic carbocycles. The normalized spacial score (nSPS) is 11.1. The van der Waals surface area contributed by atoms with Crippen LogP contribution in [-0.4, -0.2) is 10.9 Å². The molecule has 3 nitrogen and oxygen atoms in total. The van der Waals surface area contributed by atoms with Gasteiger partial charge in [0.05, 0.1) is 17.2 Å². The molecule has 2 aromatic carbocycles. The van der Waals surface area contributed by atoms with Crippen LogP contribution >= 0.6 is 11.3 Å². The predicted octanol–water partition coefficient (Wildman–Crippen LogP) is 5.10. The van der Waals surface area contributed by atoms with Crippen LogP contribution < -0.4 is 5.32 Å². The van der Waals surface area contributed by atoms with Crippen LogP contribution in [0.2, 0.25) is 0 Å². The van der Waals surface area contributed by atoms with E-state index in [-0.39, 0.29) is 11.8 Å². The molecule has 0 atom stereocenters. The summed E-state index contributed by atoms with van der Waals surface area (Å²) < 4.78 is 0. The first-order valence-electron chi connectivity index (χ1n) is 8.94. The molecule has 0 spiro atoms. The number of hydrogen-bond donors (Lipinski definition) is 1. The van der Waals surface area contributed by atoms with Crippen LogP contribution in [0.15, 0.2) is 66.0 Å². The van der Waals surface area contributed by atoms with Crippen LogP contribution in [-0.2, 0) is 11.3 Å². The molecule has 0 radical (unpaired) electrons. The lowest BCUT2D eigenvalue weighted by atomic mass is 9.88. The van der Waals surface area contributed by atoms with Crippen molar-refractivity contribution in [2.75, 3.05) is 0 Å². The van der Waals surface area contributed by atoms with Crippen LogP contribution in [0.3, 0.4) is 0 Å². The molecular weight excluding hydrogens is 340 g/mol. The summed E-state index contributed by atoms with van der Waals surface area (Å²) in [5.74, 6) is 0.519. The number of amides is 1. The van der Waals surface area contributed by atoms with Crippen LogP contribution in [0.25, 0.3) is 0 Å². The zero-order valence-electron chi connectivity index (χ0n) is 15.2. The van der Waals surface area contributed by atoms with E-state index in [2.05, 4.69) is 48.4 Å². The van der Waals surface area contributed by atoms with Gasteiger partial charge in [-0.2, -0.15) is 0 Å². The number of rotatable bonds is 7. The van der Waals surface area contributed by atoms with Crippen LogP contribution in [0, 0.1) is 0 Å². The van der Waals surface area contributed by atoms with Gasteiger partial charge < -0.3 is 5.32 Å². The number of aromatic nitrogens is 1. The fourth-order valence-electron chi connectivity index (χ4n) is 2.91. The molecule has 0 bridgehead atoms. The summed E-state index contributed by atoms with van der Waals surface area (Å²) in [7, 11) is 0. The van der Waals surface area contributed by atoms with E-state index < -0.39 is 0 Å². The monoisotopic (exact) mass is 364 g/mol. The van der Waals surface area contributed by atoms with Gasteiger partial charge in [0.25, 0.3) is 0 Å². The van der Waals surface area contributed by atoms with E-state index in [1.807, 2.05) is 41.8 Å². The molecule has 1 amide bonds. The minimum Gasteiger partial charge on any atom is -0.350 e. The Morgan fingerprint density at radius 1 is 1.00 bits per heavy atom. The van der Waals surface area contributed by atoms with Crippen molar-refractivity contribution in [1.29, 1.82) is 0 Å². The van der Waals surface area contributed by atoms with Crippen molar-refractivity contribution in [3.63, 3.8) is 0 Å². The van der Waals surface area contributed by atoms with E-state index in [9.17, 15) is 4.79 Å². The Labute approximate surface area is 159 Å². The second-order valence-electron chi connectivity index (χ2n) is 6.69. The van der Waals surface area contributed by atoms with Crippen molar-refractivity contribution in [3.8, 4) is 0 Å². The van der Waals surface area contributed by atoms with Crippen molar-refractivity contribution in [1.82, 2.24) is 10.3 Å². The maximum absolute atomic E-state index is 12.6. The maximum atomic E-state index is 12.6. The van der Waals surface area contributed by atoms with E-state index in [4.69, 9.17) is 0 Å². The third-order valence-electron chi connectivity index (χ3n) is 4.32. The van der Waals surface area contributed by atoms with Crippen molar-refractivity contribution in [2.24, 2.45) is 0 Å². The Hall–Kier alpha value is -2.46. The lowest BCUT2D eigenvalue weighted by Crippen LogP contribution is -2.25. The lowest BCUT2D eigenvalue weighted by Gasteiger charge is -2.17. The second-order valence-corrected chi connectivity index (χ2v) is 7.58. The quantitative estimate of drug-likeness (QED) is 0.633. The molecule has 0 saturated heterocycles. The summed E-state index contributed by atoms with van der Waals surface area (Å²) in [6.07, 6.45) is 0.426. The van der Waals surface area contributed by atoms with Crippen LogP contribution in [0.4, 0.5) is 0 Å². The van der Waals surface area contributed by atoms with Crippen molar-refractivity contribution in [2.45, 2.75) is 38.6 Å². The minimum absolute atomic E-state index is 0.0433. The van der Waals surface area contributed by atoms with Gasteiger partial charge in [0.2, 0.25) is 5.91 Å². The fourth-order valence-corrected chi connectivity index (χ4v) is 3.75. The molecule has 134 valence electrons. The first-order valence-corrected chi connectivity index (χ1v) is 9.82. The number of nitrogens with one attached hydrogen (secondary N) is 1. The Morgan fingerprint density at radius 2 is 1.58 bits per heavy atom. The molecule has 0 saturated carbocycles. The molecule has 1 heterocycles. The van der Waals surface area contributed by atoms with E-state index in [0.717, 1.165) is 21.8 Å². The number of hydrogen-bond acceptors (Lipinski definition) is 3. The smallest absolute Gasteiger partial charge is 0.221 e. The Morgan fingerprint density at radius 3 is 2.08 bits per heavy atom. The standard InChI is InChI=1S/C22H24N2OS/c1-16(2)22-24-19(15-26-22)14-23-21(25)13-20(17-9-5-3-6-10-17)18-11-7-4-8-12-18/h3-12,15-16,20H,13-14H2,1-2H3,(H,23,25). The molecule has 1 N–H and O–H groups in total. The zero-order chi connectivity index (χ0) is 18.4. The molecule has 0 aliphatic rings. The van der Waals surface area contributed by atoms with Gasteiger partial charge in [-0.15, -0.1) is 11.3 Å². The van der Waals surface area contributed by atoms with Crippen molar-refractivity contribution >= 4 is 17.2 Å². The summed E-state index contributed by atoms with van der Waals surface area (Å²) in [5.41, 5.74) is 3.25. The summed E-state index contributed by atoms with van der Waals surface area (Å²) >= 11 is 1.65. The van der Waals surface area contributed by atoms with Gasteiger partial charge in [-0.05, 0) is 11.1 Å². The van der Waals surface area contributed by atoms with E-state index in [0.29, 0.717) is 18.9 Å². The van der Waals surface area contributed by atoms with E-state index >= 15 is 0 Å². The first kappa shape index (κ1) is 18.3. The highest BCUT2D eigenvalue weighted by molar-refractivity contribution is 7.09. The number of carbonyl (C=O) groups is 1. The topological polar surface area (TPSA) is 42.0 Å².